The Bertz CT molecular complexity index is 426. The van der Waals surface area contributed by atoms with Gasteiger partial charge in [0.2, 0.25) is 5.95 Å². The molecule has 2 heterocycles. The Labute approximate surface area is 112 Å². The Morgan fingerprint density at radius 2 is 2.50 bits per heavy atom. The molecule has 0 bridgehead atoms. The Kier molecular flexibility index (Phi) is 4.43. The molecule has 1 aliphatic heterocycles. The first-order valence-electron chi connectivity index (χ1n) is 6.20. The molecule has 1 saturated heterocycles. The molecular weight excluding hydrogens is 248 g/mol. The zero-order valence-electron chi connectivity index (χ0n) is 10.5. The first-order chi connectivity index (χ1) is 8.70. The van der Waals surface area contributed by atoms with Gasteiger partial charge in [0.1, 0.15) is 10.7 Å². The topological polar surface area (TPSA) is 64.3 Å². The van der Waals surface area contributed by atoms with Crippen molar-refractivity contribution in [3.63, 3.8) is 0 Å². The summed E-state index contributed by atoms with van der Waals surface area (Å²) in [5.74, 6) is 0.684. The molecule has 1 aromatic heterocycles. The van der Waals surface area contributed by atoms with Gasteiger partial charge in [-0.25, -0.2) is 9.97 Å². The van der Waals surface area contributed by atoms with E-state index in [1.165, 1.54) is 0 Å². The summed E-state index contributed by atoms with van der Waals surface area (Å²) in [6.07, 6.45) is 3.91. The van der Waals surface area contributed by atoms with Crippen molar-refractivity contribution in [3.05, 3.63) is 18.0 Å². The van der Waals surface area contributed by atoms with Gasteiger partial charge in [0, 0.05) is 25.9 Å². The van der Waals surface area contributed by atoms with E-state index < -0.39 is 0 Å². The van der Waals surface area contributed by atoms with Gasteiger partial charge >= 0.3 is 0 Å². The molecule has 0 spiro atoms. The molecule has 98 valence electrons. The number of nitrogens with zero attached hydrogens (tertiary/aromatic N) is 3. The Morgan fingerprint density at radius 3 is 3.22 bits per heavy atom. The molecule has 0 amide bonds. The van der Waals surface area contributed by atoms with Crippen LogP contribution in [-0.2, 0) is 4.74 Å². The lowest BCUT2D eigenvalue weighted by Gasteiger charge is -2.23. The lowest BCUT2D eigenvalue weighted by molar-refractivity contribution is 0.0664. The monoisotopic (exact) mass is 266 g/mol. The molecule has 2 N–H and O–H groups in total. The average Bonchev–Trinajstić information content (AvgIpc) is 2.64. The van der Waals surface area contributed by atoms with Crippen LogP contribution < -0.4 is 10.6 Å². The van der Waals surface area contributed by atoms with Gasteiger partial charge in [-0.05, 0) is 18.9 Å². The largest absolute Gasteiger partial charge is 0.388 e. The Morgan fingerprint density at radius 1 is 1.67 bits per heavy atom. The molecule has 18 heavy (non-hydrogen) atoms. The van der Waals surface area contributed by atoms with Gasteiger partial charge < -0.3 is 15.4 Å². The van der Waals surface area contributed by atoms with E-state index in [1.54, 1.807) is 12.3 Å². The molecule has 0 saturated carbocycles. The number of hydrogen-bond acceptors (Lipinski definition) is 5. The van der Waals surface area contributed by atoms with Crippen molar-refractivity contribution in [1.82, 2.24) is 9.97 Å². The van der Waals surface area contributed by atoms with Gasteiger partial charge in [-0.2, -0.15) is 0 Å². The van der Waals surface area contributed by atoms with E-state index in [4.69, 9.17) is 22.7 Å². The SMILES string of the molecule is CCC1CN(c2nccc(C(N)=S)n2)CCCO1. The summed E-state index contributed by atoms with van der Waals surface area (Å²) >= 11 is 4.94. The number of anilines is 1. The van der Waals surface area contributed by atoms with Crippen molar-refractivity contribution in [3.8, 4) is 0 Å². The van der Waals surface area contributed by atoms with E-state index in [0.717, 1.165) is 32.5 Å². The summed E-state index contributed by atoms with van der Waals surface area (Å²) in [6, 6.07) is 1.73. The number of hydrogen-bond donors (Lipinski definition) is 1. The minimum Gasteiger partial charge on any atom is -0.388 e. The zero-order valence-corrected chi connectivity index (χ0v) is 11.3. The standard InChI is InChI=1S/C12H18N4OS/c1-2-9-8-16(6-3-7-17-9)12-14-5-4-10(15-12)11(13)18/h4-5,9H,2-3,6-8H2,1H3,(H2,13,18). The molecule has 1 fully saturated rings. The van der Waals surface area contributed by atoms with Gasteiger partial charge in [-0.1, -0.05) is 19.1 Å². The highest BCUT2D eigenvalue weighted by atomic mass is 32.1. The highest BCUT2D eigenvalue weighted by Crippen LogP contribution is 2.14. The molecule has 5 nitrogen and oxygen atoms in total. The first-order valence-corrected chi connectivity index (χ1v) is 6.61. The predicted octanol–water partition coefficient (Wildman–Crippen LogP) is 1.12. The van der Waals surface area contributed by atoms with E-state index in [0.29, 0.717) is 16.6 Å². The predicted molar refractivity (Wildman–Crippen MR) is 74.8 cm³/mol. The lowest BCUT2D eigenvalue weighted by atomic mass is 10.2. The molecule has 0 aliphatic carbocycles. The molecule has 1 aromatic rings. The van der Waals surface area contributed by atoms with Crippen LogP contribution in [0.4, 0.5) is 5.95 Å². The summed E-state index contributed by atoms with van der Waals surface area (Å²) in [6.45, 7) is 4.64. The second kappa shape index (κ2) is 6.06. The molecule has 6 heteroatoms. The maximum absolute atomic E-state index is 5.73. The van der Waals surface area contributed by atoms with Crippen molar-refractivity contribution in [2.24, 2.45) is 5.73 Å². The van der Waals surface area contributed by atoms with Crippen LogP contribution in [0, 0.1) is 0 Å². The smallest absolute Gasteiger partial charge is 0.226 e. The van der Waals surface area contributed by atoms with Crippen molar-refractivity contribution in [2.75, 3.05) is 24.6 Å². The van der Waals surface area contributed by atoms with Crippen LogP contribution in [0.5, 0.6) is 0 Å². The van der Waals surface area contributed by atoms with E-state index in [2.05, 4.69) is 21.8 Å². The van der Waals surface area contributed by atoms with Gasteiger partial charge in [0.15, 0.2) is 0 Å². The molecule has 0 radical (unpaired) electrons. The summed E-state index contributed by atoms with van der Waals surface area (Å²) in [5.41, 5.74) is 6.21. The van der Waals surface area contributed by atoms with Crippen molar-refractivity contribution in [1.29, 1.82) is 0 Å². The summed E-state index contributed by atoms with van der Waals surface area (Å²) in [4.78, 5) is 11.1. The zero-order chi connectivity index (χ0) is 13.0. The van der Waals surface area contributed by atoms with Gasteiger partial charge in [0.25, 0.3) is 0 Å². The van der Waals surface area contributed by atoms with Crippen LogP contribution in [-0.4, -0.2) is 40.8 Å². The van der Waals surface area contributed by atoms with E-state index >= 15 is 0 Å². The second-order valence-electron chi connectivity index (χ2n) is 4.31. The Hall–Kier alpha value is -1.27. The van der Waals surface area contributed by atoms with Crippen LogP contribution in [0.15, 0.2) is 12.3 Å². The summed E-state index contributed by atoms with van der Waals surface area (Å²) < 4.78 is 5.73. The van der Waals surface area contributed by atoms with E-state index in [9.17, 15) is 0 Å². The van der Waals surface area contributed by atoms with E-state index in [-0.39, 0.29) is 6.10 Å². The average molecular weight is 266 g/mol. The highest BCUT2D eigenvalue weighted by molar-refractivity contribution is 7.80. The van der Waals surface area contributed by atoms with Crippen molar-refractivity contribution < 1.29 is 4.74 Å². The first kappa shape index (κ1) is 13.2. The molecule has 0 aromatic carbocycles. The number of aromatic nitrogens is 2. The van der Waals surface area contributed by atoms with Crippen LogP contribution in [0.3, 0.4) is 0 Å². The number of thiocarbonyl (C=S) groups is 1. The summed E-state index contributed by atoms with van der Waals surface area (Å²) in [5, 5.41) is 0. The van der Waals surface area contributed by atoms with E-state index in [1.807, 2.05) is 0 Å². The third-order valence-electron chi connectivity index (χ3n) is 2.98. The third-order valence-corrected chi connectivity index (χ3v) is 3.19. The van der Waals surface area contributed by atoms with Crippen LogP contribution >= 0.6 is 12.2 Å². The third kappa shape index (κ3) is 3.14. The van der Waals surface area contributed by atoms with Crippen LogP contribution in [0.25, 0.3) is 0 Å². The molecule has 2 rings (SSSR count). The quantitative estimate of drug-likeness (QED) is 0.827. The molecular formula is C12H18N4OS. The van der Waals surface area contributed by atoms with Crippen LogP contribution in [0.2, 0.25) is 0 Å². The van der Waals surface area contributed by atoms with Crippen LogP contribution in [0.1, 0.15) is 25.5 Å². The van der Waals surface area contributed by atoms with Gasteiger partial charge in [-0.3, -0.25) is 0 Å². The maximum Gasteiger partial charge on any atom is 0.226 e. The van der Waals surface area contributed by atoms with Gasteiger partial charge in [0.05, 0.1) is 6.10 Å². The highest BCUT2D eigenvalue weighted by Gasteiger charge is 2.19. The van der Waals surface area contributed by atoms with Gasteiger partial charge in [-0.15, -0.1) is 0 Å². The summed E-state index contributed by atoms with van der Waals surface area (Å²) in [7, 11) is 0. The number of rotatable bonds is 3. The minimum atomic E-state index is 0.240. The fourth-order valence-electron chi connectivity index (χ4n) is 1.96. The molecule has 1 unspecified atom stereocenters. The normalized spacial score (nSPS) is 20.5. The van der Waals surface area contributed by atoms with Crippen molar-refractivity contribution >= 4 is 23.2 Å². The fraction of sp³-hybridized carbons (Fsp3) is 0.583. The number of nitrogens with two attached hydrogens (primary N) is 1. The minimum absolute atomic E-state index is 0.240. The molecule has 1 aliphatic rings. The molecule has 1 atom stereocenters. The number of ether oxygens (including phenoxy) is 1. The van der Waals surface area contributed by atoms with Crippen molar-refractivity contribution in [2.45, 2.75) is 25.9 Å². The maximum atomic E-state index is 5.73. The Balaban J connectivity index is 2.18. The second-order valence-corrected chi connectivity index (χ2v) is 4.75. The lowest BCUT2D eigenvalue weighted by Crippen LogP contribution is -2.33. The fourth-order valence-corrected chi connectivity index (χ4v) is 2.08.